The summed E-state index contributed by atoms with van der Waals surface area (Å²) in [4.78, 5) is 16.6. The molecule has 9 heteroatoms. The Hall–Kier alpha value is -3.30. The molecule has 4 aromatic rings. The highest BCUT2D eigenvalue weighted by molar-refractivity contribution is 8.00. The van der Waals surface area contributed by atoms with Crippen molar-refractivity contribution in [3.63, 3.8) is 0 Å². The predicted octanol–water partition coefficient (Wildman–Crippen LogP) is 4.64. The van der Waals surface area contributed by atoms with Gasteiger partial charge < -0.3 is 9.64 Å². The standard InChI is InChI=1S/C24H21N5O2S2/c1-31-19-13-11-18(12-14-19)29-24(25-26-27-29)33-16-23(30)28-20-9-5-6-10-22(20)32-15-21(28)17-7-3-2-4-8-17/h2-14,21H,15-16H2,1H3/t21-/m0/s1. The fourth-order valence-electron chi connectivity index (χ4n) is 3.77. The molecule has 0 unspecified atom stereocenters. The molecule has 1 amide bonds. The van der Waals surface area contributed by atoms with Crippen LogP contribution in [0.5, 0.6) is 5.75 Å². The van der Waals surface area contributed by atoms with Crippen LogP contribution < -0.4 is 9.64 Å². The second kappa shape index (κ2) is 9.68. The predicted molar refractivity (Wildman–Crippen MR) is 130 cm³/mol. The number of rotatable bonds is 6. The molecule has 0 spiro atoms. The number of fused-ring (bicyclic) bond motifs is 1. The number of benzene rings is 3. The summed E-state index contributed by atoms with van der Waals surface area (Å²) < 4.78 is 6.85. The maximum atomic E-state index is 13.6. The maximum absolute atomic E-state index is 13.6. The van der Waals surface area contributed by atoms with Crippen molar-refractivity contribution in [2.24, 2.45) is 0 Å². The molecule has 33 heavy (non-hydrogen) atoms. The third-order valence-electron chi connectivity index (χ3n) is 5.37. The molecule has 1 atom stereocenters. The van der Waals surface area contributed by atoms with Crippen molar-refractivity contribution < 1.29 is 9.53 Å². The van der Waals surface area contributed by atoms with Gasteiger partial charge in [-0.05, 0) is 52.4 Å². The number of hydrogen-bond acceptors (Lipinski definition) is 7. The van der Waals surface area contributed by atoms with Gasteiger partial charge in [0.2, 0.25) is 11.1 Å². The van der Waals surface area contributed by atoms with Gasteiger partial charge in [-0.25, -0.2) is 0 Å². The monoisotopic (exact) mass is 475 g/mol. The molecule has 166 valence electrons. The molecule has 0 saturated carbocycles. The van der Waals surface area contributed by atoms with Gasteiger partial charge in [0.25, 0.3) is 0 Å². The molecule has 2 heterocycles. The van der Waals surface area contributed by atoms with E-state index in [9.17, 15) is 4.79 Å². The number of methoxy groups -OCH3 is 1. The second-order valence-corrected chi connectivity index (χ2v) is 9.33. The number of hydrogen-bond donors (Lipinski definition) is 0. The van der Waals surface area contributed by atoms with E-state index in [1.54, 1.807) is 23.6 Å². The second-order valence-electron chi connectivity index (χ2n) is 7.33. The molecule has 1 aromatic heterocycles. The molecular formula is C24H21N5O2S2. The van der Waals surface area contributed by atoms with Crippen molar-refractivity contribution in [3.05, 3.63) is 84.4 Å². The number of carbonyl (C=O) groups is 1. The van der Waals surface area contributed by atoms with Crippen molar-refractivity contribution in [3.8, 4) is 11.4 Å². The van der Waals surface area contributed by atoms with Gasteiger partial charge in [-0.3, -0.25) is 4.79 Å². The smallest absolute Gasteiger partial charge is 0.238 e. The summed E-state index contributed by atoms with van der Waals surface area (Å²) in [5.41, 5.74) is 2.88. The minimum atomic E-state index is -0.0308. The number of ether oxygens (including phenoxy) is 1. The van der Waals surface area contributed by atoms with Crippen LogP contribution >= 0.6 is 23.5 Å². The van der Waals surface area contributed by atoms with Crippen molar-refractivity contribution in [2.45, 2.75) is 16.1 Å². The average molecular weight is 476 g/mol. The van der Waals surface area contributed by atoms with E-state index in [0.29, 0.717) is 5.16 Å². The summed E-state index contributed by atoms with van der Waals surface area (Å²) in [6, 6.07) is 25.7. The van der Waals surface area contributed by atoms with E-state index in [1.807, 2.05) is 65.6 Å². The molecule has 0 aliphatic carbocycles. The lowest BCUT2D eigenvalue weighted by atomic mass is 10.1. The zero-order valence-corrected chi connectivity index (χ0v) is 19.5. The van der Waals surface area contributed by atoms with Gasteiger partial charge in [0, 0.05) is 10.6 Å². The van der Waals surface area contributed by atoms with Crippen LogP contribution in [0, 0.1) is 0 Å². The molecule has 0 saturated heterocycles. The van der Waals surface area contributed by atoms with Gasteiger partial charge in [0.05, 0.1) is 30.3 Å². The Bertz CT molecular complexity index is 1250. The van der Waals surface area contributed by atoms with Gasteiger partial charge in [-0.1, -0.05) is 54.2 Å². The Morgan fingerprint density at radius 2 is 1.82 bits per heavy atom. The molecule has 0 fully saturated rings. The number of nitrogens with zero attached hydrogens (tertiary/aromatic N) is 5. The number of carbonyl (C=O) groups excluding carboxylic acids is 1. The fraction of sp³-hybridized carbons (Fsp3) is 0.167. The largest absolute Gasteiger partial charge is 0.497 e. The fourth-order valence-corrected chi connectivity index (χ4v) is 5.69. The first kappa shape index (κ1) is 21.5. The van der Waals surface area contributed by atoms with Gasteiger partial charge >= 0.3 is 0 Å². The van der Waals surface area contributed by atoms with E-state index in [-0.39, 0.29) is 17.7 Å². The van der Waals surface area contributed by atoms with Gasteiger partial charge in [-0.15, -0.1) is 16.9 Å². The van der Waals surface area contributed by atoms with E-state index in [1.165, 1.54) is 11.8 Å². The van der Waals surface area contributed by atoms with Crippen molar-refractivity contribution in [1.82, 2.24) is 20.2 Å². The first-order valence-corrected chi connectivity index (χ1v) is 12.4. The zero-order chi connectivity index (χ0) is 22.6. The summed E-state index contributed by atoms with van der Waals surface area (Å²) in [5, 5.41) is 12.6. The van der Waals surface area contributed by atoms with Gasteiger partial charge in [0.1, 0.15) is 5.75 Å². The Balaban J connectivity index is 1.39. The highest BCUT2D eigenvalue weighted by Gasteiger charge is 2.32. The summed E-state index contributed by atoms with van der Waals surface area (Å²) in [5.74, 6) is 1.80. The highest BCUT2D eigenvalue weighted by atomic mass is 32.2. The van der Waals surface area contributed by atoms with Crippen LogP contribution in [0.3, 0.4) is 0 Å². The van der Waals surface area contributed by atoms with E-state index < -0.39 is 0 Å². The first-order chi connectivity index (χ1) is 16.2. The highest BCUT2D eigenvalue weighted by Crippen LogP contribution is 2.43. The van der Waals surface area contributed by atoms with Crippen LogP contribution in [-0.4, -0.2) is 44.7 Å². The van der Waals surface area contributed by atoms with Crippen LogP contribution in [0.2, 0.25) is 0 Å². The van der Waals surface area contributed by atoms with E-state index in [2.05, 4.69) is 33.7 Å². The van der Waals surface area contributed by atoms with Gasteiger partial charge in [0.15, 0.2) is 0 Å². The lowest BCUT2D eigenvalue weighted by molar-refractivity contribution is -0.116. The average Bonchev–Trinajstić information content (AvgIpc) is 3.36. The summed E-state index contributed by atoms with van der Waals surface area (Å²) in [6.07, 6.45) is 0. The minimum Gasteiger partial charge on any atom is -0.497 e. The lowest BCUT2D eigenvalue weighted by Crippen LogP contribution is -2.39. The van der Waals surface area contributed by atoms with Crippen molar-refractivity contribution in [2.75, 3.05) is 23.5 Å². The molecule has 0 N–H and O–H groups in total. The van der Waals surface area contributed by atoms with Crippen LogP contribution in [-0.2, 0) is 4.79 Å². The molecule has 5 rings (SSSR count). The third-order valence-corrected chi connectivity index (χ3v) is 7.41. The number of thioether (sulfide) groups is 2. The normalized spacial score (nSPS) is 15.2. The number of para-hydroxylation sites is 1. The van der Waals surface area contributed by atoms with Crippen LogP contribution in [0.1, 0.15) is 11.6 Å². The van der Waals surface area contributed by atoms with Gasteiger partial charge in [-0.2, -0.15) is 4.68 Å². The Morgan fingerprint density at radius 3 is 2.61 bits per heavy atom. The molecular weight excluding hydrogens is 454 g/mol. The number of aromatic nitrogens is 4. The molecule has 7 nitrogen and oxygen atoms in total. The first-order valence-electron chi connectivity index (χ1n) is 10.4. The summed E-state index contributed by atoms with van der Waals surface area (Å²) >= 11 is 3.11. The third kappa shape index (κ3) is 4.46. The number of tetrazole rings is 1. The Morgan fingerprint density at radius 1 is 1.06 bits per heavy atom. The van der Waals surface area contributed by atoms with Crippen molar-refractivity contribution in [1.29, 1.82) is 0 Å². The van der Waals surface area contributed by atoms with E-state index >= 15 is 0 Å². The Labute approximate surface area is 200 Å². The number of amides is 1. The lowest BCUT2D eigenvalue weighted by Gasteiger charge is -2.37. The van der Waals surface area contributed by atoms with Crippen LogP contribution in [0.15, 0.2) is 88.9 Å². The Kier molecular flexibility index (Phi) is 6.32. The van der Waals surface area contributed by atoms with Crippen LogP contribution in [0.25, 0.3) is 5.69 Å². The molecule has 0 bridgehead atoms. The van der Waals surface area contributed by atoms with E-state index in [0.717, 1.165) is 33.3 Å². The number of anilines is 1. The maximum Gasteiger partial charge on any atom is 0.238 e. The zero-order valence-electron chi connectivity index (χ0n) is 17.9. The molecule has 3 aromatic carbocycles. The topological polar surface area (TPSA) is 73.1 Å². The van der Waals surface area contributed by atoms with E-state index in [4.69, 9.17) is 4.74 Å². The minimum absolute atomic E-state index is 0.0193. The molecule has 0 radical (unpaired) electrons. The molecule has 1 aliphatic heterocycles. The SMILES string of the molecule is COc1ccc(-n2nnnc2SCC(=O)N2c3ccccc3SC[C@H]2c2ccccc2)cc1. The summed E-state index contributed by atoms with van der Waals surface area (Å²) in [6.45, 7) is 0. The summed E-state index contributed by atoms with van der Waals surface area (Å²) in [7, 11) is 1.62. The van der Waals surface area contributed by atoms with Crippen LogP contribution in [0.4, 0.5) is 5.69 Å². The molecule has 1 aliphatic rings. The van der Waals surface area contributed by atoms with Crippen molar-refractivity contribution >= 4 is 35.1 Å². The quantitative estimate of drug-likeness (QED) is 0.376.